The van der Waals surface area contributed by atoms with E-state index in [0.29, 0.717) is 6.61 Å². The smallest absolute Gasteiger partial charge is 0.280 e. The van der Waals surface area contributed by atoms with Crippen molar-refractivity contribution in [3.05, 3.63) is 40.4 Å². The Morgan fingerprint density at radius 1 is 1.55 bits per heavy atom. The van der Waals surface area contributed by atoms with Crippen LogP contribution in [0, 0.1) is 12.7 Å². The minimum Gasteiger partial charge on any atom is -0.360 e. The molecule has 0 aliphatic carbocycles. The zero-order chi connectivity index (χ0) is 14.7. The number of nitrogens with zero attached hydrogens (tertiary/aromatic N) is 1. The molecule has 1 amide bonds. The van der Waals surface area contributed by atoms with Gasteiger partial charge in [-0.1, -0.05) is 22.8 Å². The van der Waals surface area contributed by atoms with E-state index in [1.807, 2.05) is 0 Å². The third kappa shape index (κ3) is 2.66. The van der Waals surface area contributed by atoms with Crippen LogP contribution in [0.3, 0.4) is 0 Å². The summed E-state index contributed by atoms with van der Waals surface area (Å²) in [4.78, 5) is 16.8. The minimum atomic E-state index is -0.587. The van der Waals surface area contributed by atoms with Crippen LogP contribution in [0.25, 0.3) is 11.3 Å². The molecule has 5 nitrogen and oxygen atoms in total. The topological polar surface area (TPSA) is 64.4 Å². The van der Waals surface area contributed by atoms with E-state index in [2.05, 4.69) is 10.6 Å². The quantitative estimate of drug-likeness (QED) is 0.881. The summed E-state index contributed by atoms with van der Waals surface area (Å²) >= 11 is 5.97. The average molecular weight is 299 g/mol. The number of hydrogen-bond acceptors (Lipinski definition) is 4. The molecule has 0 bridgehead atoms. The number of carbonyl (C=O) groups is 1. The Balaban J connectivity index is 2.51. The molecular formula is C13H12ClFN2O3. The standard InChI is InChI=1S/C13H12ClFN2O3/c1-3-19-17-13(18)10-7(2)20-16-12(10)11-8(14)5-4-6-9(11)15/h4-6H,3H2,1-2H3,(H,17,18). The first-order valence-corrected chi connectivity index (χ1v) is 6.26. The van der Waals surface area contributed by atoms with Crippen LogP contribution in [-0.2, 0) is 4.84 Å². The number of amides is 1. The maximum absolute atomic E-state index is 13.9. The van der Waals surface area contributed by atoms with Gasteiger partial charge in [-0.2, -0.15) is 0 Å². The van der Waals surface area contributed by atoms with Crippen molar-refractivity contribution in [2.45, 2.75) is 13.8 Å². The van der Waals surface area contributed by atoms with Gasteiger partial charge in [-0.3, -0.25) is 9.63 Å². The third-order valence-corrected chi connectivity index (χ3v) is 2.91. The molecule has 7 heteroatoms. The number of nitrogens with one attached hydrogen (secondary N) is 1. The molecule has 1 N–H and O–H groups in total. The fraction of sp³-hybridized carbons (Fsp3) is 0.231. The van der Waals surface area contributed by atoms with Crippen molar-refractivity contribution in [1.29, 1.82) is 0 Å². The highest BCUT2D eigenvalue weighted by atomic mass is 35.5. The van der Waals surface area contributed by atoms with Crippen LogP contribution < -0.4 is 5.48 Å². The van der Waals surface area contributed by atoms with E-state index in [-0.39, 0.29) is 27.6 Å². The Labute approximate surface area is 119 Å². The summed E-state index contributed by atoms with van der Waals surface area (Å²) in [7, 11) is 0. The molecular weight excluding hydrogens is 287 g/mol. The lowest BCUT2D eigenvalue weighted by Crippen LogP contribution is -2.24. The Hall–Kier alpha value is -1.92. The van der Waals surface area contributed by atoms with Gasteiger partial charge >= 0.3 is 0 Å². The molecule has 0 radical (unpaired) electrons. The van der Waals surface area contributed by atoms with E-state index < -0.39 is 11.7 Å². The first kappa shape index (κ1) is 14.5. The zero-order valence-corrected chi connectivity index (χ0v) is 11.6. The number of benzene rings is 1. The number of halogens is 2. The number of carbonyl (C=O) groups excluding carboxylic acids is 1. The summed E-state index contributed by atoms with van der Waals surface area (Å²) in [6, 6.07) is 4.21. The molecule has 0 aliphatic heterocycles. The molecule has 1 aromatic carbocycles. The van der Waals surface area contributed by atoms with E-state index >= 15 is 0 Å². The number of aromatic nitrogens is 1. The first-order valence-electron chi connectivity index (χ1n) is 5.89. The summed E-state index contributed by atoms with van der Waals surface area (Å²) in [6.07, 6.45) is 0. The van der Waals surface area contributed by atoms with E-state index in [4.69, 9.17) is 21.0 Å². The molecule has 1 heterocycles. The van der Waals surface area contributed by atoms with Crippen LogP contribution >= 0.6 is 11.6 Å². The lowest BCUT2D eigenvalue weighted by molar-refractivity contribution is 0.0363. The summed E-state index contributed by atoms with van der Waals surface area (Å²) in [5.74, 6) is -0.910. The molecule has 2 rings (SSSR count). The van der Waals surface area contributed by atoms with E-state index in [9.17, 15) is 9.18 Å². The Morgan fingerprint density at radius 2 is 2.30 bits per heavy atom. The number of rotatable bonds is 4. The van der Waals surface area contributed by atoms with Gasteiger partial charge in [-0.15, -0.1) is 0 Å². The van der Waals surface area contributed by atoms with Crippen LogP contribution in [0.15, 0.2) is 22.7 Å². The summed E-state index contributed by atoms with van der Waals surface area (Å²) < 4.78 is 18.9. The molecule has 0 aliphatic rings. The summed E-state index contributed by atoms with van der Waals surface area (Å²) in [5.41, 5.74) is 2.37. The lowest BCUT2D eigenvalue weighted by Gasteiger charge is -2.06. The largest absolute Gasteiger partial charge is 0.360 e. The fourth-order valence-corrected chi connectivity index (χ4v) is 1.98. The predicted octanol–water partition coefficient (Wildman–Crippen LogP) is 3.12. The number of aryl methyl sites for hydroxylation is 1. The molecule has 0 saturated carbocycles. The van der Waals surface area contributed by atoms with Gasteiger partial charge in [-0.05, 0) is 26.0 Å². The lowest BCUT2D eigenvalue weighted by atomic mass is 10.1. The van der Waals surface area contributed by atoms with Gasteiger partial charge in [-0.25, -0.2) is 9.87 Å². The number of hydroxylamine groups is 1. The molecule has 106 valence electrons. The second kappa shape index (κ2) is 6.02. The molecule has 0 unspecified atom stereocenters. The molecule has 20 heavy (non-hydrogen) atoms. The zero-order valence-electron chi connectivity index (χ0n) is 10.9. The molecule has 0 atom stereocenters. The molecule has 2 aromatic rings. The van der Waals surface area contributed by atoms with Crippen LogP contribution in [-0.4, -0.2) is 17.7 Å². The van der Waals surface area contributed by atoms with Crippen molar-refractivity contribution >= 4 is 17.5 Å². The average Bonchev–Trinajstić information content (AvgIpc) is 2.78. The maximum atomic E-state index is 13.9. The van der Waals surface area contributed by atoms with Gasteiger partial charge in [0.1, 0.15) is 22.8 Å². The third-order valence-electron chi connectivity index (χ3n) is 2.60. The normalized spacial score (nSPS) is 10.6. The highest BCUT2D eigenvalue weighted by Gasteiger charge is 2.25. The second-order valence-corrected chi connectivity index (χ2v) is 4.33. The van der Waals surface area contributed by atoms with Gasteiger partial charge in [0, 0.05) is 0 Å². The van der Waals surface area contributed by atoms with Gasteiger partial charge in [0.05, 0.1) is 17.2 Å². The number of hydrogen-bond donors (Lipinski definition) is 1. The molecule has 1 aromatic heterocycles. The molecule has 0 saturated heterocycles. The highest BCUT2D eigenvalue weighted by Crippen LogP contribution is 2.33. The molecule has 0 spiro atoms. The van der Waals surface area contributed by atoms with Gasteiger partial charge in [0.25, 0.3) is 5.91 Å². The Bertz CT molecular complexity index is 622. The van der Waals surface area contributed by atoms with Crippen LogP contribution in [0.1, 0.15) is 23.0 Å². The monoisotopic (exact) mass is 298 g/mol. The summed E-state index contributed by atoms with van der Waals surface area (Å²) in [5, 5.41) is 3.86. The van der Waals surface area contributed by atoms with Crippen molar-refractivity contribution in [3.8, 4) is 11.3 Å². The Morgan fingerprint density at radius 3 is 2.95 bits per heavy atom. The van der Waals surface area contributed by atoms with Crippen LogP contribution in [0.2, 0.25) is 5.02 Å². The van der Waals surface area contributed by atoms with Gasteiger partial charge < -0.3 is 4.52 Å². The van der Waals surface area contributed by atoms with Crippen molar-refractivity contribution < 1.29 is 18.5 Å². The SMILES string of the molecule is CCONC(=O)c1c(-c2c(F)cccc2Cl)noc1C. The molecule has 0 fully saturated rings. The predicted molar refractivity (Wildman–Crippen MR) is 70.7 cm³/mol. The van der Waals surface area contributed by atoms with E-state index in [0.717, 1.165) is 0 Å². The Kier molecular flexibility index (Phi) is 4.36. The van der Waals surface area contributed by atoms with Crippen LogP contribution in [0.5, 0.6) is 0 Å². The summed E-state index contributed by atoms with van der Waals surface area (Å²) in [6.45, 7) is 3.56. The highest BCUT2D eigenvalue weighted by molar-refractivity contribution is 6.33. The van der Waals surface area contributed by atoms with Crippen molar-refractivity contribution in [2.75, 3.05) is 6.61 Å². The first-order chi connectivity index (χ1) is 9.56. The fourth-order valence-electron chi connectivity index (χ4n) is 1.72. The van der Waals surface area contributed by atoms with Gasteiger partial charge in [0.15, 0.2) is 0 Å². The maximum Gasteiger partial charge on any atom is 0.280 e. The second-order valence-electron chi connectivity index (χ2n) is 3.92. The minimum absolute atomic E-state index is 0.0210. The van der Waals surface area contributed by atoms with Crippen molar-refractivity contribution in [2.24, 2.45) is 0 Å². The van der Waals surface area contributed by atoms with Crippen molar-refractivity contribution in [1.82, 2.24) is 10.6 Å². The van der Waals surface area contributed by atoms with Crippen LogP contribution in [0.4, 0.5) is 4.39 Å². The van der Waals surface area contributed by atoms with E-state index in [1.54, 1.807) is 13.8 Å². The van der Waals surface area contributed by atoms with E-state index in [1.165, 1.54) is 18.2 Å². The van der Waals surface area contributed by atoms with Gasteiger partial charge in [0.2, 0.25) is 0 Å². The van der Waals surface area contributed by atoms with Crippen molar-refractivity contribution in [3.63, 3.8) is 0 Å².